The van der Waals surface area contributed by atoms with Gasteiger partial charge in [-0.3, -0.25) is 4.90 Å². The quantitative estimate of drug-likeness (QED) is 0.918. The summed E-state index contributed by atoms with van der Waals surface area (Å²) >= 11 is 2.11. The van der Waals surface area contributed by atoms with Gasteiger partial charge in [0.05, 0.1) is 6.04 Å². The van der Waals surface area contributed by atoms with E-state index in [1.807, 2.05) is 12.4 Å². The molecule has 0 radical (unpaired) electrons. The van der Waals surface area contributed by atoms with Crippen molar-refractivity contribution in [2.45, 2.75) is 12.5 Å². The number of halogens is 1. The summed E-state index contributed by atoms with van der Waals surface area (Å²) in [4.78, 5) is 7.17. The zero-order valence-electron chi connectivity index (χ0n) is 11.4. The van der Waals surface area contributed by atoms with Crippen molar-refractivity contribution in [2.24, 2.45) is 13.0 Å². The fraction of sp³-hybridized carbons (Fsp3) is 0.769. The summed E-state index contributed by atoms with van der Waals surface area (Å²) in [5, 5.41) is 3.51. The molecule has 0 aromatic carbocycles. The van der Waals surface area contributed by atoms with E-state index >= 15 is 0 Å². The predicted octanol–water partition coefficient (Wildman–Crippen LogP) is 1.54. The molecule has 2 aliphatic heterocycles. The van der Waals surface area contributed by atoms with Crippen molar-refractivity contribution in [3.8, 4) is 0 Å². The number of piperazine rings is 1. The Bertz CT molecular complexity index is 392. The number of aromatic nitrogens is 2. The molecule has 2 saturated heterocycles. The highest BCUT2D eigenvalue weighted by Crippen LogP contribution is 2.28. The second-order valence-electron chi connectivity index (χ2n) is 5.34. The zero-order chi connectivity index (χ0) is 12.4. The molecule has 2 fully saturated rings. The highest BCUT2D eigenvalue weighted by Gasteiger charge is 2.29. The number of hydrogen-bond acceptors (Lipinski definition) is 4. The Balaban J connectivity index is 0.00000133. The lowest BCUT2D eigenvalue weighted by molar-refractivity contribution is 0.134. The highest BCUT2D eigenvalue weighted by atomic mass is 35.5. The molecule has 1 aromatic heterocycles. The first-order valence-corrected chi connectivity index (χ1v) is 8.00. The molecule has 108 valence electrons. The van der Waals surface area contributed by atoms with Gasteiger partial charge in [0, 0.05) is 45.6 Å². The Morgan fingerprint density at radius 1 is 1.53 bits per heavy atom. The third-order valence-electron chi connectivity index (χ3n) is 4.03. The van der Waals surface area contributed by atoms with Gasteiger partial charge in [-0.2, -0.15) is 11.8 Å². The molecule has 1 N–H and O–H groups in total. The number of hydrogen-bond donors (Lipinski definition) is 1. The van der Waals surface area contributed by atoms with E-state index < -0.39 is 0 Å². The largest absolute Gasteiger partial charge is 0.337 e. The van der Waals surface area contributed by atoms with Crippen LogP contribution in [-0.4, -0.2) is 52.1 Å². The molecule has 0 saturated carbocycles. The van der Waals surface area contributed by atoms with Gasteiger partial charge >= 0.3 is 0 Å². The molecule has 4 nitrogen and oxygen atoms in total. The van der Waals surface area contributed by atoms with Crippen molar-refractivity contribution in [1.29, 1.82) is 0 Å². The molecule has 1 aromatic rings. The van der Waals surface area contributed by atoms with E-state index in [4.69, 9.17) is 0 Å². The lowest BCUT2D eigenvalue weighted by Gasteiger charge is -2.37. The van der Waals surface area contributed by atoms with Crippen LogP contribution in [0.2, 0.25) is 0 Å². The smallest absolute Gasteiger partial charge is 0.127 e. The predicted molar refractivity (Wildman–Crippen MR) is 83.1 cm³/mol. The molecule has 3 heterocycles. The van der Waals surface area contributed by atoms with E-state index in [2.05, 4.69) is 38.6 Å². The number of nitrogens with zero attached hydrogens (tertiary/aromatic N) is 3. The maximum atomic E-state index is 4.54. The molecule has 19 heavy (non-hydrogen) atoms. The average molecular weight is 303 g/mol. The third-order valence-corrected chi connectivity index (χ3v) is 5.26. The number of nitrogens with one attached hydrogen (secondary N) is 1. The number of aryl methyl sites for hydroxylation is 1. The maximum absolute atomic E-state index is 4.54. The Morgan fingerprint density at radius 2 is 2.42 bits per heavy atom. The zero-order valence-corrected chi connectivity index (χ0v) is 13.1. The van der Waals surface area contributed by atoms with E-state index in [1.54, 1.807) is 0 Å². The standard InChI is InChI=1S/C13H22N4S.ClH/c1-16-5-4-15-13(16)12-8-14-3-6-17(12)9-11-2-7-18-10-11;/h4-5,11-12,14H,2-3,6-10H2,1H3;1H. The minimum Gasteiger partial charge on any atom is -0.337 e. The number of rotatable bonds is 3. The Kier molecular flexibility index (Phi) is 5.57. The summed E-state index contributed by atoms with van der Waals surface area (Å²) in [7, 11) is 2.10. The second-order valence-corrected chi connectivity index (χ2v) is 6.49. The van der Waals surface area contributed by atoms with Crippen LogP contribution in [0.15, 0.2) is 12.4 Å². The number of imidazole rings is 1. The Hall–Kier alpha value is -0.230. The monoisotopic (exact) mass is 302 g/mol. The van der Waals surface area contributed by atoms with Gasteiger partial charge in [0.25, 0.3) is 0 Å². The summed E-state index contributed by atoms with van der Waals surface area (Å²) in [6.45, 7) is 4.54. The van der Waals surface area contributed by atoms with Crippen LogP contribution in [0.25, 0.3) is 0 Å². The molecular formula is C13H23ClN4S. The molecule has 0 aliphatic carbocycles. The van der Waals surface area contributed by atoms with Gasteiger partial charge in [-0.1, -0.05) is 0 Å². The fourth-order valence-corrected chi connectivity index (χ4v) is 4.25. The van der Waals surface area contributed by atoms with Gasteiger partial charge < -0.3 is 9.88 Å². The summed E-state index contributed by atoms with van der Waals surface area (Å²) < 4.78 is 2.16. The van der Waals surface area contributed by atoms with Gasteiger partial charge in [-0.25, -0.2) is 4.98 Å². The first kappa shape index (κ1) is 15.2. The molecule has 2 atom stereocenters. The third kappa shape index (κ3) is 3.45. The lowest BCUT2D eigenvalue weighted by Crippen LogP contribution is -2.48. The normalized spacial score (nSPS) is 28.3. The van der Waals surface area contributed by atoms with Crippen LogP contribution in [0.4, 0.5) is 0 Å². The maximum Gasteiger partial charge on any atom is 0.127 e. The Labute approximate surface area is 125 Å². The van der Waals surface area contributed by atoms with Gasteiger partial charge in [0.1, 0.15) is 5.82 Å². The first-order valence-electron chi connectivity index (χ1n) is 6.84. The molecule has 0 spiro atoms. The molecule has 6 heteroatoms. The van der Waals surface area contributed by atoms with E-state index in [0.717, 1.165) is 25.6 Å². The van der Waals surface area contributed by atoms with Crippen molar-refractivity contribution in [1.82, 2.24) is 19.8 Å². The second kappa shape index (κ2) is 6.97. The van der Waals surface area contributed by atoms with Gasteiger partial charge in [-0.15, -0.1) is 12.4 Å². The molecular weight excluding hydrogens is 280 g/mol. The summed E-state index contributed by atoms with van der Waals surface area (Å²) in [5.74, 6) is 4.78. The highest BCUT2D eigenvalue weighted by molar-refractivity contribution is 7.99. The summed E-state index contributed by atoms with van der Waals surface area (Å²) in [6.07, 6.45) is 5.35. The van der Waals surface area contributed by atoms with Crippen molar-refractivity contribution < 1.29 is 0 Å². The van der Waals surface area contributed by atoms with Crippen LogP contribution in [0.3, 0.4) is 0 Å². The van der Waals surface area contributed by atoms with Crippen LogP contribution in [0.5, 0.6) is 0 Å². The molecule has 3 rings (SSSR count). The van der Waals surface area contributed by atoms with E-state index in [0.29, 0.717) is 6.04 Å². The lowest BCUT2D eigenvalue weighted by atomic mass is 10.1. The van der Waals surface area contributed by atoms with Gasteiger partial charge in [-0.05, 0) is 23.8 Å². The van der Waals surface area contributed by atoms with E-state index in [9.17, 15) is 0 Å². The van der Waals surface area contributed by atoms with Crippen molar-refractivity contribution in [3.63, 3.8) is 0 Å². The molecule has 0 amide bonds. The minimum absolute atomic E-state index is 0. The van der Waals surface area contributed by atoms with Crippen LogP contribution in [0, 0.1) is 5.92 Å². The van der Waals surface area contributed by atoms with E-state index in [1.165, 1.54) is 30.3 Å². The van der Waals surface area contributed by atoms with E-state index in [-0.39, 0.29) is 12.4 Å². The topological polar surface area (TPSA) is 33.1 Å². The number of thioether (sulfide) groups is 1. The van der Waals surface area contributed by atoms with Crippen LogP contribution < -0.4 is 5.32 Å². The summed E-state index contributed by atoms with van der Waals surface area (Å²) in [6, 6.07) is 0.448. The van der Waals surface area contributed by atoms with Gasteiger partial charge in [0.2, 0.25) is 0 Å². The van der Waals surface area contributed by atoms with Crippen LogP contribution in [0.1, 0.15) is 18.3 Å². The Morgan fingerprint density at radius 3 is 3.11 bits per heavy atom. The van der Waals surface area contributed by atoms with Crippen molar-refractivity contribution in [3.05, 3.63) is 18.2 Å². The van der Waals surface area contributed by atoms with Gasteiger partial charge in [0.15, 0.2) is 0 Å². The van der Waals surface area contributed by atoms with Crippen LogP contribution >= 0.6 is 24.2 Å². The fourth-order valence-electron chi connectivity index (χ4n) is 2.98. The van der Waals surface area contributed by atoms with Crippen LogP contribution in [-0.2, 0) is 7.05 Å². The van der Waals surface area contributed by atoms with Crippen molar-refractivity contribution in [2.75, 3.05) is 37.7 Å². The van der Waals surface area contributed by atoms with Crippen molar-refractivity contribution >= 4 is 24.2 Å². The summed E-state index contributed by atoms with van der Waals surface area (Å²) in [5.41, 5.74) is 0. The first-order chi connectivity index (χ1) is 8.84. The average Bonchev–Trinajstić information content (AvgIpc) is 3.02. The molecule has 0 bridgehead atoms. The molecule has 2 aliphatic rings. The molecule has 2 unspecified atom stereocenters. The minimum atomic E-state index is 0. The SMILES string of the molecule is Cl.Cn1ccnc1C1CNCCN1CC1CCSC1.